The first-order valence-corrected chi connectivity index (χ1v) is 8.27. The fraction of sp³-hybridized carbons (Fsp3) is 0.556. The van der Waals surface area contributed by atoms with Gasteiger partial charge < -0.3 is 23.8 Å². The minimum atomic E-state index is -0.785. The van der Waals surface area contributed by atoms with Crippen LogP contribution in [0.3, 0.4) is 0 Å². The van der Waals surface area contributed by atoms with E-state index in [1.807, 2.05) is 0 Å². The number of methoxy groups -OCH3 is 3. The summed E-state index contributed by atoms with van der Waals surface area (Å²) in [6.07, 6.45) is 1.22. The van der Waals surface area contributed by atoms with Crippen LogP contribution in [0.25, 0.3) is 0 Å². The van der Waals surface area contributed by atoms with E-state index in [1.165, 1.54) is 21.3 Å². The highest BCUT2D eigenvalue weighted by Crippen LogP contribution is 2.38. The van der Waals surface area contributed by atoms with Crippen molar-refractivity contribution in [2.24, 2.45) is 0 Å². The number of nitrogens with zero attached hydrogens (tertiary/aromatic N) is 1. The van der Waals surface area contributed by atoms with Crippen LogP contribution in [-0.4, -0.2) is 57.3 Å². The minimum absolute atomic E-state index is 0.00827. The van der Waals surface area contributed by atoms with Crippen molar-refractivity contribution in [2.75, 3.05) is 34.4 Å². The van der Waals surface area contributed by atoms with Gasteiger partial charge in [-0.15, -0.1) is 0 Å². The molecule has 1 amide bonds. The van der Waals surface area contributed by atoms with Gasteiger partial charge in [-0.1, -0.05) is 0 Å². The highest BCUT2D eigenvalue weighted by molar-refractivity contribution is 5.84. The Kier molecular flexibility index (Phi) is 6.50. The molecule has 0 unspecified atom stereocenters. The highest BCUT2D eigenvalue weighted by atomic mass is 16.5. The van der Waals surface area contributed by atoms with Gasteiger partial charge in [-0.3, -0.25) is 9.59 Å². The molecule has 0 bridgehead atoms. The average Bonchev–Trinajstić information content (AvgIpc) is 3.14. The Balaban J connectivity index is 2.03. The second-order valence-electron chi connectivity index (χ2n) is 5.87. The fourth-order valence-corrected chi connectivity index (χ4v) is 2.89. The highest BCUT2D eigenvalue weighted by Gasteiger charge is 2.26. The third-order valence-corrected chi connectivity index (χ3v) is 4.15. The van der Waals surface area contributed by atoms with Gasteiger partial charge in [0.15, 0.2) is 17.6 Å². The number of benzene rings is 1. The molecule has 1 atom stereocenters. The smallest absolute Gasteiger partial charge is 0.311 e. The number of likely N-dealkylation sites (tertiary alicyclic amines) is 1. The molecule has 1 aliphatic heterocycles. The largest absolute Gasteiger partial charge is 0.493 e. The summed E-state index contributed by atoms with van der Waals surface area (Å²) in [6, 6.07) is 3.38. The lowest BCUT2D eigenvalue weighted by molar-refractivity contribution is -0.158. The first-order valence-electron chi connectivity index (χ1n) is 8.27. The first kappa shape index (κ1) is 18.9. The van der Waals surface area contributed by atoms with Crippen LogP contribution in [-0.2, 0) is 20.7 Å². The monoisotopic (exact) mass is 351 g/mol. The van der Waals surface area contributed by atoms with E-state index in [1.54, 1.807) is 24.0 Å². The molecule has 138 valence electrons. The molecule has 25 heavy (non-hydrogen) atoms. The molecule has 1 aromatic rings. The summed E-state index contributed by atoms with van der Waals surface area (Å²) in [5.74, 6) is 0.765. The van der Waals surface area contributed by atoms with E-state index in [0.29, 0.717) is 22.8 Å². The molecule has 0 aliphatic carbocycles. The predicted molar refractivity (Wildman–Crippen MR) is 91.2 cm³/mol. The Labute approximate surface area is 147 Å². The van der Waals surface area contributed by atoms with Crippen molar-refractivity contribution in [3.8, 4) is 17.2 Å². The zero-order valence-electron chi connectivity index (χ0n) is 15.2. The van der Waals surface area contributed by atoms with Crippen LogP contribution in [0.2, 0.25) is 0 Å². The van der Waals surface area contributed by atoms with Crippen molar-refractivity contribution in [1.29, 1.82) is 0 Å². The first-order chi connectivity index (χ1) is 12.0. The van der Waals surface area contributed by atoms with Crippen molar-refractivity contribution < 1.29 is 28.5 Å². The molecule has 1 fully saturated rings. The number of carbonyl (C=O) groups excluding carboxylic acids is 2. The number of hydrogen-bond donors (Lipinski definition) is 0. The van der Waals surface area contributed by atoms with Crippen LogP contribution in [0.5, 0.6) is 17.2 Å². The van der Waals surface area contributed by atoms with Crippen LogP contribution < -0.4 is 14.2 Å². The maximum atomic E-state index is 12.2. The van der Waals surface area contributed by atoms with E-state index < -0.39 is 12.1 Å². The van der Waals surface area contributed by atoms with Gasteiger partial charge >= 0.3 is 5.97 Å². The molecule has 1 aliphatic rings. The van der Waals surface area contributed by atoms with Gasteiger partial charge in [0.2, 0.25) is 5.75 Å². The standard InChI is InChI=1S/C18H25NO6/c1-12(18(21)19-7-5-6-8-19)25-16(20)11-13-9-14(22-2)17(24-4)15(10-13)23-3/h9-10,12H,5-8,11H2,1-4H3/t12-/m1/s1. The summed E-state index contributed by atoms with van der Waals surface area (Å²) >= 11 is 0. The van der Waals surface area contributed by atoms with Gasteiger partial charge in [-0.25, -0.2) is 0 Å². The van der Waals surface area contributed by atoms with E-state index in [2.05, 4.69) is 0 Å². The molecule has 2 rings (SSSR count). The lowest BCUT2D eigenvalue weighted by Crippen LogP contribution is -2.38. The molecule has 7 nitrogen and oxygen atoms in total. The molecule has 0 radical (unpaired) electrons. The summed E-state index contributed by atoms with van der Waals surface area (Å²) in [6.45, 7) is 3.06. The maximum absolute atomic E-state index is 12.2. The van der Waals surface area contributed by atoms with E-state index in [4.69, 9.17) is 18.9 Å². The van der Waals surface area contributed by atoms with Crippen molar-refractivity contribution in [3.63, 3.8) is 0 Å². The summed E-state index contributed by atoms with van der Waals surface area (Å²) < 4.78 is 21.1. The Hall–Kier alpha value is -2.44. The van der Waals surface area contributed by atoms with Crippen LogP contribution in [0.15, 0.2) is 12.1 Å². The molecule has 7 heteroatoms. The van der Waals surface area contributed by atoms with Crippen LogP contribution in [0.1, 0.15) is 25.3 Å². The summed E-state index contributed by atoms with van der Waals surface area (Å²) in [5.41, 5.74) is 0.653. The summed E-state index contributed by atoms with van der Waals surface area (Å²) in [4.78, 5) is 26.1. The zero-order chi connectivity index (χ0) is 18.4. The molecular formula is C18H25NO6. The van der Waals surface area contributed by atoms with Crippen molar-refractivity contribution in [2.45, 2.75) is 32.3 Å². The Morgan fingerprint density at radius 2 is 1.60 bits per heavy atom. The van der Waals surface area contributed by atoms with Crippen LogP contribution in [0.4, 0.5) is 0 Å². The second kappa shape index (κ2) is 8.60. The number of carbonyl (C=O) groups is 2. The SMILES string of the molecule is COc1cc(CC(=O)O[C@H](C)C(=O)N2CCCC2)cc(OC)c1OC. The average molecular weight is 351 g/mol. The Bertz CT molecular complexity index is 599. The van der Waals surface area contributed by atoms with Gasteiger partial charge in [0.25, 0.3) is 5.91 Å². The number of amides is 1. The number of hydrogen-bond acceptors (Lipinski definition) is 6. The Morgan fingerprint density at radius 1 is 1.04 bits per heavy atom. The van der Waals surface area contributed by atoms with E-state index in [0.717, 1.165) is 25.9 Å². The van der Waals surface area contributed by atoms with Crippen molar-refractivity contribution in [3.05, 3.63) is 17.7 Å². The third kappa shape index (κ3) is 4.55. The third-order valence-electron chi connectivity index (χ3n) is 4.15. The van der Waals surface area contributed by atoms with Crippen LogP contribution >= 0.6 is 0 Å². The quantitative estimate of drug-likeness (QED) is 0.698. The predicted octanol–water partition coefficient (Wildman–Crippen LogP) is 1.81. The molecule has 1 aromatic carbocycles. The molecule has 0 saturated carbocycles. The molecule has 0 N–H and O–H groups in total. The van der Waals surface area contributed by atoms with E-state index in [9.17, 15) is 9.59 Å². The number of ether oxygens (including phenoxy) is 4. The van der Waals surface area contributed by atoms with Gasteiger partial charge in [0.1, 0.15) is 0 Å². The Morgan fingerprint density at radius 3 is 2.08 bits per heavy atom. The van der Waals surface area contributed by atoms with Crippen molar-refractivity contribution in [1.82, 2.24) is 4.90 Å². The van der Waals surface area contributed by atoms with Gasteiger partial charge in [0, 0.05) is 13.1 Å². The minimum Gasteiger partial charge on any atom is -0.493 e. The molecule has 0 spiro atoms. The molecule has 0 aromatic heterocycles. The number of rotatable bonds is 7. The lowest BCUT2D eigenvalue weighted by Gasteiger charge is -2.20. The maximum Gasteiger partial charge on any atom is 0.311 e. The molecule has 1 heterocycles. The van der Waals surface area contributed by atoms with Gasteiger partial charge in [-0.05, 0) is 37.5 Å². The lowest BCUT2D eigenvalue weighted by atomic mass is 10.1. The van der Waals surface area contributed by atoms with E-state index in [-0.39, 0.29) is 12.3 Å². The summed E-state index contributed by atoms with van der Waals surface area (Å²) in [5, 5.41) is 0. The normalized spacial score (nSPS) is 14.8. The van der Waals surface area contributed by atoms with Crippen molar-refractivity contribution >= 4 is 11.9 Å². The second-order valence-corrected chi connectivity index (χ2v) is 5.87. The molecule has 1 saturated heterocycles. The van der Waals surface area contributed by atoms with E-state index >= 15 is 0 Å². The van der Waals surface area contributed by atoms with Gasteiger partial charge in [-0.2, -0.15) is 0 Å². The topological polar surface area (TPSA) is 74.3 Å². The summed E-state index contributed by atoms with van der Waals surface area (Å²) in [7, 11) is 4.53. The molecular weight excluding hydrogens is 326 g/mol. The van der Waals surface area contributed by atoms with Crippen LogP contribution in [0, 0.1) is 0 Å². The number of esters is 1. The fourth-order valence-electron chi connectivity index (χ4n) is 2.89. The van der Waals surface area contributed by atoms with Gasteiger partial charge in [0.05, 0.1) is 27.8 Å². The zero-order valence-corrected chi connectivity index (χ0v) is 15.2.